The van der Waals surface area contributed by atoms with E-state index in [1.165, 1.54) is 18.3 Å². The minimum absolute atomic E-state index is 0.162. The number of nitrogens with one attached hydrogen (secondary N) is 2. The Morgan fingerprint density at radius 1 is 1.38 bits per heavy atom. The van der Waals surface area contributed by atoms with Crippen LogP contribution in [-0.4, -0.2) is 36.6 Å². The largest absolute Gasteiger partial charge is 0.370 e. The summed E-state index contributed by atoms with van der Waals surface area (Å²) in [5, 5.41) is 6.61. The molecule has 114 valence electrons. The van der Waals surface area contributed by atoms with Gasteiger partial charge in [0.05, 0.1) is 4.90 Å². The second kappa shape index (κ2) is 6.64. The zero-order valence-electron chi connectivity index (χ0n) is 11.8. The Kier molecular flexibility index (Phi) is 4.86. The fraction of sp³-hybridized carbons (Fsp3) is 0.417. The first-order chi connectivity index (χ1) is 10.0. The lowest BCUT2D eigenvalue weighted by molar-refractivity contribution is 0.375. The number of pyridine rings is 1. The van der Waals surface area contributed by atoms with Crippen molar-refractivity contribution in [3.8, 4) is 0 Å². The van der Waals surface area contributed by atoms with Gasteiger partial charge in [-0.05, 0) is 19.9 Å². The number of anilines is 1. The van der Waals surface area contributed by atoms with Gasteiger partial charge in [-0.3, -0.25) is 0 Å². The quantitative estimate of drug-likeness (QED) is 0.775. The fourth-order valence-corrected chi connectivity index (χ4v) is 2.72. The molecule has 0 unspecified atom stereocenters. The van der Waals surface area contributed by atoms with Crippen molar-refractivity contribution in [2.75, 3.05) is 18.4 Å². The average Bonchev–Trinajstić information content (AvgIpc) is 2.85. The molecule has 0 saturated heterocycles. The Labute approximate surface area is 123 Å². The molecule has 9 heteroatoms. The summed E-state index contributed by atoms with van der Waals surface area (Å²) in [5.41, 5.74) is 0. The van der Waals surface area contributed by atoms with Gasteiger partial charge in [0.15, 0.2) is 5.82 Å². The standard InChI is InChI=1S/C12H17N5O3S/c1-3-13-11-8-10(4-6-14-11)21(18,19)15-7-5-12-16-9(2)17-20-12/h4,6,8,15H,3,5,7H2,1-2H3,(H,13,14). The van der Waals surface area contributed by atoms with E-state index in [4.69, 9.17) is 4.52 Å². The van der Waals surface area contributed by atoms with Crippen LogP contribution in [0.4, 0.5) is 5.82 Å². The van der Waals surface area contributed by atoms with Crippen LogP contribution in [0, 0.1) is 6.92 Å². The van der Waals surface area contributed by atoms with Crippen LogP contribution in [0.25, 0.3) is 0 Å². The van der Waals surface area contributed by atoms with Gasteiger partial charge < -0.3 is 9.84 Å². The van der Waals surface area contributed by atoms with Crippen molar-refractivity contribution >= 4 is 15.8 Å². The summed E-state index contributed by atoms with van der Waals surface area (Å²) in [4.78, 5) is 8.21. The summed E-state index contributed by atoms with van der Waals surface area (Å²) in [6.45, 7) is 4.47. The SMILES string of the molecule is CCNc1cc(S(=O)(=O)NCCc2nc(C)no2)ccn1. The summed E-state index contributed by atoms with van der Waals surface area (Å²) in [7, 11) is -3.58. The van der Waals surface area contributed by atoms with Crippen LogP contribution >= 0.6 is 0 Å². The Morgan fingerprint density at radius 2 is 2.19 bits per heavy atom. The number of aromatic nitrogens is 3. The van der Waals surface area contributed by atoms with E-state index in [1.54, 1.807) is 6.92 Å². The van der Waals surface area contributed by atoms with Crippen molar-refractivity contribution in [3.63, 3.8) is 0 Å². The maximum Gasteiger partial charge on any atom is 0.240 e. The monoisotopic (exact) mass is 311 g/mol. The molecule has 2 heterocycles. The number of hydrogen-bond donors (Lipinski definition) is 2. The van der Waals surface area contributed by atoms with Gasteiger partial charge in [-0.25, -0.2) is 18.1 Å². The third kappa shape index (κ3) is 4.23. The van der Waals surface area contributed by atoms with Crippen molar-refractivity contribution in [2.45, 2.75) is 25.2 Å². The summed E-state index contributed by atoms with van der Waals surface area (Å²) >= 11 is 0. The first kappa shape index (κ1) is 15.4. The Balaban J connectivity index is 1.99. The van der Waals surface area contributed by atoms with E-state index < -0.39 is 10.0 Å². The molecule has 0 bridgehead atoms. The second-order valence-corrected chi connectivity index (χ2v) is 6.06. The van der Waals surface area contributed by atoms with E-state index in [1.807, 2.05) is 6.92 Å². The molecule has 0 saturated carbocycles. The summed E-state index contributed by atoms with van der Waals surface area (Å²) in [6.07, 6.45) is 1.79. The zero-order chi connectivity index (χ0) is 15.3. The molecular weight excluding hydrogens is 294 g/mol. The fourth-order valence-electron chi connectivity index (χ4n) is 1.67. The van der Waals surface area contributed by atoms with Gasteiger partial charge in [0, 0.05) is 31.8 Å². The van der Waals surface area contributed by atoms with E-state index in [9.17, 15) is 8.42 Å². The van der Waals surface area contributed by atoms with E-state index in [0.717, 1.165) is 0 Å². The van der Waals surface area contributed by atoms with E-state index in [-0.39, 0.29) is 11.4 Å². The van der Waals surface area contributed by atoms with Crippen LogP contribution < -0.4 is 10.0 Å². The van der Waals surface area contributed by atoms with Crippen molar-refractivity contribution < 1.29 is 12.9 Å². The Bertz CT molecular complexity index is 698. The summed E-state index contributed by atoms with van der Waals surface area (Å²) in [5.74, 6) is 1.45. The Hall–Kier alpha value is -2.00. The molecular formula is C12H17N5O3S. The molecule has 2 aromatic rings. The van der Waals surface area contributed by atoms with Gasteiger partial charge in [0.25, 0.3) is 0 Å². The average molecular weight is 311 g/mol. The van der Waals surface area contributed by atoms with Crippen molar-refractivity contribution in [1.29, 1.82) is 0 Å². The van der Waals surface area contributed by atoms with Crippen LogP contribution in [-0.2, 0) is 16.4 Å². The van der Waals surface area contributed by atoms with Crippen LogP contribution in [0.5, 0.6) is 0 Å². The number of aryl methyl sites for hydroxylation is 1. The molecule has 2 N–H and O–H groups in total. The van der Waals surface area contributed by atoms with E-state index in [0.29, 0.717) is 30.5 Å². The van der Waals surface area contributed by atoms with Crippen molar-refractivity contribution in [1.82, 2.24) is 19.8 Å². The van der Waals surface area contributed by atoms with Gasteiger partial charge in [-0.15, -0.1) is 0 Å². The molecule has 2 rings (SSSR count). The smallest absolute Gasteiger partial charge is 0.240 e. The molecule has 8 nitrogen and oxygen atoms in total. The predicted molar refractivity (Wildman–Crippen MR) is 76.3 cm³/mol. The molecule has 0 spiro atoms. The zero-order valence-corrected chi connectivity index (χ0v) is 12.6. The van der Waals surface area contributed by atoms with Gasteiger partial charge in [-0.2, -0.15) is 4.98 Å². The second-order valence-electron chi connectivity index (χ2n) is 4.29. The van der Waals surface area contributed by atoms with E-state index >= 15 is 0 Å². The minimum Gasteiger partial charge on any atom is -0.370 e. The van der Waals surface area contributed by atoms with Crippen LogP contribution in [0.1, 0.15) is 18.6 Å². The topological polar surface area (TPSA) is 110 Å². The van der Waals surface area contributed by atoms with Gasteiger partial charge in [-0.1, -0.05) is 5.16 Å². The number of sulfonamides is 1. The molecule has 0 fully saturated rings. The molecule has 21 heavy (non-hydrogen) atoms. The van der Waals surface area contributed by atoms with Gasteiger partial charge in [0.2, 0.25) is 15.9 Å². The molecule has 0 aliphatic rings. The summed E-state index contributed by atoms with van der Waals surface area (Å²) < 4.78 is 31.7. The van der Waals surface area contributed by atoms with Gasteiger partial charge >= 0.3 is 0 Å². The molecule has 0 radical (unpaired) electrons. The first-order valence-electron chi connectivity index (χ1n) is 6.50. The highest BCUT2D eigenvalue weighted by Crippen LogP contribution is 2.12. The maximum absolute atomic E-state index is 12.2. The molecule has 0 aliphatic heterocycles. The number of rotatable bonds is 7. The molecule has 2 aromatic heterocycles. The lowest BCUT2D eigenvalue weighted by Gasteiger charge is -2.07. The third-order valence-electron chi connectivity index (χ3n) is 2.60. The summed E-state index contributed by atoms with van der Waals surface area (Å²) in [6, 6.07) is 2.93. The predicted octanol–water partition coefficient (Wildman–Crippen LogP) is 0.726. The highest BCUT2D eigenvalue weighted by atomic mass is 32.2. The first-order valence-corrected chi connectivity index (χ1v) is 7.98. The molecule has 0 atom stereocenters. The van der Waals surface area contributed by atoms with Crippen molar-refractivity contribution in [2.24, 2.45) is 0 Å². The van der Waals surface area contributed by atoms with Gasteiger partial charge in [0.1, 0.15) is 5.82 Å². The lowest BCUT2D eigenvalue weighted by atomic mass is 10.4. The highest BCUT2D eigenvalue weighted by molar-refractivity contribution is 7.89. The number of nitrogens with zero attached hydrogens (tertiary/aromatic N) is 3. The molecule has 0 aliphatic carbocycles. The van der Waals surface area contributed by atoms with Crippen LogP contribution in [0.15, 0.2) is 27.7 Å². The third-order valence-corrected chi connectivity index (χ3v) is 4.06. The number of hydrogen-bond acceptors (Lipinski definition) is 7. The highest BCUT2D eigenvalue weighted by Gasteiger charge is 2.15. The Morgan fingerprint density at radius 3 is 2.86 bits per heavy atom. The van der Waals surface area contributed by atoms with E-state index in [2.05, 4.69) is 25.2 Å². The van der Waals surface area contributed by atoms with Crippen molar-refractivity contribution in [3.05, 3.63) is 30.0 Å². The molecule has 0 amide bonds. The normalized spacial score (nSPS) is 11.5. The molecule has 0 aromatic carbocycles. The maximum atomic E-state index is 12.2. The van der Waals surface area contributed by atoms with Crippen LogP contribution in [0.2, 0.25) is 0 Å². The van der Waals surface area contributed by atoms with Crippen LogP contribution in [0.3, 0.4) is 0 Å². The minimum atomic E-state index is -3.58. The lowest BCUT2D eigenvalue weighted by Crippen LogP contribution is -2.26.